The molecule has 4 heteroatoms. The number of nitrogens with zero attached hydrogens (tertiary/aromatic N) is 1. The van der Waals surface area contributed by atoms with Crippen molar-refractivity contribution in [2.75, 3.05) is 11.9 Å². The second-order valence-corrected chi connectivity index (χ2v) is 6.22. The number of hydrogen-bond donors (Lipinski definition) is 1. The van der Waals surface area contributed by atoms with Crippen molar-refractivity contribution in [2.45, 2.75) is 27.7 Å². The van der Waals surface area contributed by atoms with Gasteiger partial charge in [-0.2, -0.15) is 0 Å². The molecule has 3 aromatic rings. The minimum Gasteiger partial charge on any atom is -0.462 e. The van der Waals surface area contributed by atoms with Gasteiger partial charge in [-0.05, 0) is 80.8 Å². The van der Waals surface area contributed by atoms with Crippen LogP contribution < -0.4 is 5.32 Å². The van der Waals surface area contributed by atoms with Gasteiger partial charge >= 0.3 is 5.97 Å². The molecule has 25 heavy (non-hydrogen) atoms. The number of carbonyl (C=O) groups excluding carboxylic acids is 1. The average Bonchev–Trinajstić information content (AvgIpc) is 2.54. The molecule has 1 N–H and O–H groups in total. The van der Waals surface area contributed by atoms with Gasteiger partial charge in [0.05, 0.1) is 17.7 Å². The van der Waals surface area contributed by atoms with Crippen LogP contribution >= 0.6 is 0 Å². The molecule has 1 heterocycles. The Bertz CT molecular complexity index is 931. The van der Waals surface area contributed by atoms with E-state index < -0.39 is 0 Å². The molecule has 0 aliphatic heterocycles. The summed E-state index contributed by atoms with van der Waals surface area (Å²) in [5.41, 5.74) is 6.04. The van der Waals surface area contributed by atoms with E-state index in [1.54, 1.807) is 19.1 Å². The highest BCUT2D eigenvalue weighted by Gasteiger charge is 2.08. The number of anilines is 2. The summed E-state index contributed by atoms with van der Waals surface area (Å²) in [6, 6.07) is 13.5. The van der Waals surface area contributed by atoms with Gasteiger partial charge < -0.3 is 10.1 Å². The van der Waals surface area contributed by atoms with Gasteiger partial charge in [0, 0.05) is 11.1 Å². The van der Waals surface area contributed by atoms with Crippen LogP contribution in [0.5, 0.6) is 0 Å². The predicted molar refractivity (Wildman–Crippen MR) is 102 cm³/mol. The Kier molecular flexibility index (Phi) is 4.70. The molecule has 0 atom stereocenters. The maximum Gasteiger partial charge on any atom is 0.338 e. The summed E-state index contributed by atoms with van der Waals surface area (Å²) in [5, 5.41) is 4.51. The van der Waals surface area contributed by atoms with Gasteiger partial charge in [0.25, 0.3) is 0 Å². The van der Waals surface area contributed by atoms with Crippen LogP contribution in [0.1, 0.15) is 34.0 Å². The van der Waals surface area contributed by atoms with E-state index in [9.17, 15) is 4.79 Å². The SMILES string of the molecule is CCOC(=O)c1ccc(Nc2cc(C)c3c(C)cc(C)cc3n2)cc1. The molecule has 0 saturated heterocycles. The zero-order valence-corrected chi connectivity index (χ0v) is 15.0. The van der Waals surface area contributed by atoms with Gasteiger partial charge in [-0.25, -0.2) is 9.78 Å². The van der Waals surface area contributed by atoms with Crippen LogP contribution in [-0.4, -0.2) is 17.6 Å². The Morgan fingerprint density at radius 1 is 1.04 bits per heavy atom. The van der Waals surface area contributed by atoms with Crippen molar-refractivity contribution in [1.82, 2.24) is 4.98 Å². The standard InChI is InChI=1S/C21H22N2O2/c1-5-25-21(24)16-6-8-17(9-7-16)22-19-12-15(4)20-14(3)10-13(2)11-18(20)23-19/h6-12H,5H2,1-4H3,(H,22,23). The number of nitrogens with one attached hydrogen (secondary N) is 1. The third-order valence-electron chi connectivity index (χ3n) is 4.12. The van der Waals surface area contributed by atoms with Gasteiger partial charge in [-0.15, -0.1) is 0 Å². The fourth-order valence-electron chi connectivity index (χ4n) is 3.10. The molecule has 3 rings (SSSR count). The lowest BCUT2D eigenvalue weighted by atomic mass is 10.0. The molecule has 4 nitrogen and oxygen atoms in total. The molecule has 0 unspecified atom stereocenters. The molecular weight excluding hydrogens is 312 g/mol. The lowest BCUT2D eigenvalue weighted by Gasteiger charge is -2.12. The lowest BCUT2D eigenvalue weighted by molar-refractivity contribution is 0.0526. The first-order valence-electron chi connectivity index (χ1n) is 8.40. The van der Waals surface area contributed by atoms with Gasteiger partial charge in [-0.1, -0.05) is 6.07 Å². The van der Waals surface area contributed by atoms with Crippen LogP contribution in [0.25, 0.3) is 10.9 Å². The molecule has 0 spiro atoms. The summed E-state index contributed by atoms with van der Waals surface area (Å²) in [4.78, 5) is 16.5. The quantitative estimate of drug-likeness (QED) is 0.676. The van der Waals surface area contributed by atoms with Gasteiger partial charge in [-0.3, -0.25) is 0 Å². The van der Waals surface area contributed by atoms with Crippen molar-refractivity contribution in [1.29, 1.82) is 0 Å². The van der Waals surface area contributed by atoms with Crippen molar-refractivity contribution in [3.63, 3.8) is 0 Å². The highest BCUT2D eigenvalue weighted by molar-refractivity contribution is 5.90. The van der Waals surface area contributed by atoms with E-state index in [-0.39, 0.29) is 5.97 Å². The van der Waals surface area contributed by atoms with Crippen LogP contribution in [0.15, 0.2) is 42.5 Å². The van der Waals surface area contributed by atoms with Crippen molar-refractivity contribution >= 4 is 28.4 Å². The summed E-state index contributed by atoms with van der Waals surface area (Å²) in [7, 11) is 0. The second-order valence-electron chi connectivity index (χ2n) is 6.22. The van der Waals surface area contributed by atoms with Crippen LogP contribution in [-0.2, 0) is 4.74 Å². The maximum absolute atomic E-state index is 11.7. The van der Waals surface area contributed by atoms with Gasteiger partial charge in [0.15, 0.2) is 0 Å². The van der Waals surface area contributed by atoms with Crippen LogP contribution in [0.4, 0.5) is 11.5 Å². The first-order chi connectivity index (χ1) is 12.0. The minimum atomic E-state index is -0.306. The number of aromatic nitrogens is 1. The van der Waals surface area contributed by atoms with Crippen molar-refractivity contribution in [3.05, 3.63) is 64.7 Å². The monoisotopic (exact) mass is 334 g/mol. The summed E-state index contributed by atoms with van der Waals surface area (Å²) in [6.07, 6.45) is 0. The Morgan fingerprint density at radius 2 is 1.72 bits per heavy atom. The predicted octanol–water partition coefficient (Wildman–Crippen LogP) is 5.08. The molecule has 0 amide bonds. The molecule has 0 radical (unpaired) electrons. The van der Waals surface area contributed by atoms with Gasteiger partial charge in [0.1, 0.15) is 5.82 Å². The largest absolute Gasteiger partial charge is 0.462 e. The number of rotatable bonds is 4. The highest BCUT2D eigenvalue weighted by Crippen LogP contribution is 2.26. The Balaban J connectivity index is 1.89. The number of ether oxygens (including phenoxy) is 1. The van der Waals surface area contributed by atoms with E-state index in [1.807, 2.05) is 18.2 Å². The number of hydrogen-bond acceptors (Lipinski definition) is 4. The van der Waals surface area contributed by atoms with E-state index in [4.69, 9.17) is 9.72 Å². The van der Waals surface area contributed by atoms with Crippen molar-refractivity contribution in [3.8, 4) is 0 Å². The number of benzene rings is 2. The average molecular weight is 334 g/mol. The molecule has 128 valence electrons. The van der Waals surface area contributed by atoms with E-state index in [1.165, 1.54) is 22.1 Å². The van der Waals surface area contributed by atoms with E-state index in [0.29, 0.717) is 12.2 Å². The number of aryl methyl sites for hydroxylation is 3. The fourth-order valence-corrected chi connectivity index (χ4v) is 3.10. The smallest absolute Gasteiger partial charge is 0.338 e. The maximum atomic E-state index is 11.7. The van der Waals surface area contributed by atoms with Crippen LogP contribution in [0.3, 0.4) is 0 Å². The van der Waals surface area contributed by atoms with Crippen molar-refractivity contribution < 1.29 is 9.53 Å². The number of carbonyl (C=O) groups is 1. The molecule has 0 fully saturated rings. The van der Waals surface area contributed by atoms with Crippen LogP contribution in [0, 0.1) is 20.8 Å². The second kappa shape index (κ2) is 6.93. The Morgan fingerprint density at radius 3 is 2.40 bits per heavy atom. The first kappa shape index (κ1) is 17.0. The molecule has 2 aromatic carbocycles. The molecular formula is C21H22N2O2. The zero-order chi connectivity index (χ0) is 18.0. The number of fused-ring (bicyclic) bond motifs is 1. The fraction of sp³-hybridized carbons (Fsp3) is 0.238. The minimum absolute atomic E-state index is 0.306. The Labute approximate surface area is 147 Å². The normalized spacial score (nSPS) is 10.7. The van der Waals surface area contributed by atoms with Gasteiger partial charge in [0.2, 0.25) is 0 Å². The molecule has 0 aliphatic carbocycles. The molecule has 0 bridgehead atoms. The number of pyridine rings is 1. The summed E-state index contributed by atoms with van der Waals surface area (Å²) >= 11 is 0. The Hall–Kier alpha value is -2.88. The summed E-state index contributed by atoms with van der Waals surface area (Å²) < 4.78 is 5.00. The van der Waals surface area contributed by atoms with E-state index >= 15 is 0 Å². The third kappa shape index (κ3) is 3.63. The first-order valence-corrected chi connectivity index (χ1v) is 8.40. The van der Waals surface area contributed by atoms with E-state index in [2.05, 4.69) is 38.2 Å². The lowest BCUT2D eigenvalue weighted by Crippen LogP contribution is -2.04. The summed E-state index contributed by atoms with van der Waals surface area (Å²) in [6.45, 7) is 8.47. The number of esters is 1. The highest BCUT2D eigenvalue weighted by atomic mass is 16.5. The van der Waals surface area contributed by atoms with Crippen molar-refractivity contribution in [2.24, 2.45) is 0 Å². The third-order valence-corrected chi connectivity index (χ3v) is 4.12. The van der Waals surface area contributed by atoms with E-state index in [0.717, 1.165) is 17.0 Å². The molecule has 1 aromatic heterocycles. The molecule has 0 aliphatic rings. The topological polar surface area (TPSA) is 51.2 Å². The van der Waals surface area contributed by atoms with Crippen LogP contribution in [0.2, 0.25) is 0 Å². The summed E-state index contributed by atoms with van der Waals surface area (Å²) in [5.74, 6) is 0.485. The zero-order valence-electron chi connectivity index (χ0n) is 15.0. The molecule has 0 saturated carbocycles.